The molecule has 2 aromatic carbocycles. The Morgan fingerprint density at radius 3 is 2.59 bits per heavy atom. The Kier molecular flexibility index (Phi) is 7.07. The van der Waals surface area contributed by atoms with Crippen molar-refractivity contribution >= 4 is 17.5 Å². The highest BCUT2D eigenvalue weighted by molar-refractivity contribution is 6.04. The molecule has 0 fully saturated rings. The lowest BCUT2D eigenvalue weighted by Crippen LogP contribution is -2.23. The largest absolute Gasteiger partial charge is 0.496 e. The summed E-state index contributed by atoms with van der Waals surface area (Å²) in [6, 6.07) is 16.4. The van der Waals surface area contributed by atoms with Gasteiger partial charge in [0.25, 0.3) is 5.91 Å². The SMILES string of the molecule is COc1ccccc1CCC(=O)NCc1nc(-c2ccc(NC(=O)c3ccoc3)cc2)oc1C. The lowest BCUT2D eigenvalue weighted by molar-refractivity contribution is -0.121. The highest BCUT2D eigenvalue weighted by Crippen LogP contribution is 2.24. The number of hydrogen-bond acceptors (Lipinski definition) is 6. The molecule has 2 N–H and O–H groups in total. The van der Waals surface area contributed by atoms with Crippen LogP contribution in [0.2, 0.25) is 0 Å². The second-order valence-corrected chi connectivity index (χ2v) is 7.65. The number of nitrogens with one attached hydrogen (secondary N) is 2. The van der Waals surface area contributed by atoms with Gasteiger partial charge in [0.15, 0.2) is 0 Å². The third-order valence-electron chi connectivity index (χ3n) is 5.33. The highest BCUT2D eigenvalue weighted by atomic mass is 16.5. The van der Waals surface area contributed by atoms with Gasteiger partial charge in [0, 0.05) is 17.7 Å². The number of oxazole rings is 1. The molecule has 2 aromatic heterocycles. The molecule has 0 aliphatic carbocycles. The van der Waals surface area contributed by atoms with Gasteiger partial charge < -0.3 is 24.2 Å². The minimum atomic E-state index is -0.253. The van der Waals surface area contributed by atoms with Crippen LogP contribution in [0.15, 0.2) is 76.0 Å². The maximum absolute atomic E-state index is 12.3. The van der Waals surface area contributed by atoms with Crippen LogP contribution >= 0.6 is 0 Å². The van der Waals surface area contributed by atoms with E-state index in [0.717, 1.165) is 16.9 Å². The van der Waals surface area contributed by atoms with E-state index in [0.29, 0.717) is 41.4 Å². The van der Waals surface area contributed by atoms with Crippen LogP contribution in [0.5, 0.6) is 5.75 Å². The van der Waals surface area contributed by atoms with Crippen molar-refractivity contribution in [3.63, 3.8) is 0 Å². The van der Waals surface area contributed by atoms with Crippen molar-refractivity contribution < 1.29 is 23.2 Å². The number of ether oxygens (including phenoxy) is 1. The lowest BCUT2D eigenvalue weighted by atomic mass is 10.1. The summed E-state index contributed by atoms with van der Waals surface area (Å²) in [7, 11) is 1.62. The molecule has 0 bridgehead atoms. The molecule has 0 spiro atoms. The minimum absolute atomic E-state index is 0.0763. The van der Waals surface area contributed by atoms with Crippen molar-refractivity contribution in [1.82, 2.24) is 10.3 Å². The average molecular weight is 460 g/mol. The molecule has 34 heavy (non-hydrogen) atoms. The van der Waals surface area contributed by atoms with Gasteiger partial charge in [-0.1, -0.05) is 18.2 Å². The number of hydrogen-bond donors (Lipinski definition) is 2. The first kappa shape index (κ1) is 22.8. The van der Waals surface area contributed by atoms with Gasteiger partial charge in [-0.2, -0.15) is 0 Å². The summed E-state index contributed by atoms with van der Waals surface area (Å²) in [5.74, 6) is 1.53. The quantitative estimate of drug-likeness (QED) is 0.374. The number of methoxy groups -OCH3 is 1. The molecule has 4 aromatic rings. The summed E-state index contributed by atoms with van der Waals surface area (Å²) >= 11 is 0. The summed E-state index contributed by atoms with van der Waals surface area (Å²) in [5, 5.41) is 5.70. The second-order valence-electron chi connectivity index (χ2n) is 7.65. The standard InChI is InChI=1S/C26H25N3O5/c1-17-22(15-27-24(30)12-9-18-5-3-4-6-23(18)32-2)29-26(34-17)19-7-10-21(11-8-19)28-25(31)20-13-14-33-16-20/h3-8,10-11,13-14,16H,9,12,15H2,1-2H3,(H,27,30)(H,28,31). The Labute approximate surface area is 197 Å². The summed E-state index contributed by atoms with van der Waals surface area (Å²) in [4.78, 5) is 29.0. The topological polar surface area (TPSA) is 107 Å². The van der Waals surface area contributed by atoms with Gasteiger partial charge in [-0.3, -0.25) is 9.59 Å². The molecular formula is C26H25N3O5. The zero-order chi connectivity index (χ0) is 23.9. The molecule has 2 amide bonds. The van der Waals surface area contributed by atoms with Crippen LogP contribution in [0, 0.1) is 6.92 Å². The smallest absolute Gasteiger partial charge is 0.258 e. The molecule has 0 aliphatic rings. The normalized spacial score (nSPS) is 10.6. The molecule has 4 rings (SSSR count). The Bertz CT molecular complexity index is 1260. The summed E-state index contributed by atoms with van der Waals surface area (Å²) < 4.78 is 16.1. The van der Waals surface area contributed by atoms with E-state index in [9.17, 15) is 9.59 Å². The molecule has 8 heteroatoms. The first-order valence-electron chi connectivity index (χ1n) is 10.8. The van der Waals surface area contributed by atoms with E-state index in [1.54, 1.807) is 25.3 Å². The van der Waals surface area contributed by atoms with Crippen molar-refractivity contribution in [3.8, 4) is 17.2 Å². The number of nitrogens with zero attached hydrogens (tertiary/aromatic N) is 1. The van der Waals surface area contributed by atoms with Crippen molar-refractivity contribution in [2.24, 2.45) is 0 Å². The van der Waals surface area contributed by atoms with E-state index in [1.165, 1.54) is 12.5 Å². The third kappa shape index (κ3) is 5.53. The molecule has 8 nitrogen and oxygen atoms in total. The Balaban J connectivity index is 1.32. The van der Waals surface area contributed by atoms with Crippen molar-refractivity contribution in [3.05, 3.63) is 89.7 Å². The van der Waals surface area contributed by atoms with Gasteiger partial charge in [-0.15, -0.1) is 0 Å². The Morgan fingerprint density at radius 1 is 1.06 bits per heavy atom. The monoisotopic (exact) mass is 459 g/mol. The van der Waals surface area contributed by atoms with Crippen LogP contribution in [0.4, 0.5) is 5.69 Å². The zero-order valence-corrected chi connectivity index (χ0v) is 19.0. The Hall–Kier alpha value is -4.33. The van der Waals surface area contributed by atoms with Crippen LogP contribution in [0.1, 0.15) is 33.8 Å². The Morgan fingerprint density at radius 2 is 1.85 bits per heavy atom. The van der Waals surface area contributed by atoms with Gasteiger partial charge in [-0.25, -0.2) is 4.98 Å². The first-order chi connectivity index (χ1) is 16.5. The lowest BCUT2D eigenvalue weighted by Gasteiger charge is -2.08. The average Bonchev–Trinajstić information content (AvgIpc) is 3.52. The summed E-state index contributed by atoms with van der Waals surface area (Å²) in [6.45, 7) is 2.09. The number of anilines is 1. The fourth-order valence-corrected chi connectivity index (χ4v) is 3.44. The molecule has 0 radical (unpaired) electrons. The highest BCUT2D eigenvalue weighted by Gasteiger charge is 2.14. The molecule has 2 heterocycles. The summed E-state index contributed by atoms with van der Waals surface area (Å²) in [5.41, 5.74) is 3.50. The van der Waals surface area contributed by atoms with Crippen molar-refractivity contribution in [1.29, 1.82) is 0 Å². The number of aromatic nitrogens is 1. The van der Waals surface area contributed by atoms with Crippen LogP contribution < -0.4 is 15.4 Å². The first-order valence-corrected chi connectivity index (χ1v) is 10.8. The van der Waals surface area contributed by atoms with Crippen LogP contribution in [-0.4, -0.2) is 23.9 Å². The number of rotatable bonds is 9. The van der Waals surface area contributed by atoms with E-state index >= 15 is 0 Å². The van der Waals surface area contributed by atoms with E-state index in [4.69, 9.17) is 13.6 Å². The molecule has 0 aliphatic heterocycles. The van der Waals surface area contributed by atoms with Gasteiger partial charge in [0.2, 0.25) is 11.8 Å². The van der Waals surface area contributed by atoms with E-state index in [2.05, 4.69) is 15.6 Å². The van der Waals surface area contributed by atoms with Crippen LogP contribution in [-0.2, 0) is 17.8 Å². The number of amides is 2. The number of para-hydroxylation sites is 1. The third-order valence-corrected chi connectivity index (χ3v) is 5.33. The fourth-order valence-electron chi connectivity index (χ4n) is 3.44. The number of furan rings is 1. The van der Waals surface area contributed by atoms with Gasteiger partial charge in [0.05, 0.1) is 25.5 Å². The summed E-state index contributed by atoms with van der Waals surface area (Å²) in [6.07, 6.45) is 3.76. The maximum Gasteiger partial charge on any atom is 0.258 e. The van der Waals surface area contributed by atoms with Crippen molar-refractivity contribution in [2.45, 2.75) is 26.3 Å². The zero-order valence-electron chi connectivity index (χ0n) is 19.0. The molecule has 0 atom stereocenters. The van der Waals surface area contributed by atoms with Gasteiger partial charge >= 0.3 is 0 Å². The molecule has 0 saturated carbocycles. The van der Waals surface area contributed by atoms with Gasteiger partial charge in [-0.05, 0) is 55.3 Å². The maximum atomic E-state index is 12.3. The predicted molar refractivity (Wildman–Crippen MR) is 126 cm³/mol. The number of carbonyl (C=O) groups excluding carboxylic acids is 2. The van der Waals surface area contributed by atoms with Crippen LogP contribution in [0.25, 0.3) is 11.5 Å². The number of carbonyl (C=O) groups is 2. The number of aryl methyl sites for hydroxylation is 2. The second kappa shape index (κ2) is 10.5. The number of benzene rings is 2. The van der Waals surface area contributed by atoms with Crippen molar-refractivity contribution in [2.75, 3.05) is 12.4 Å². The van der Waals surface area contributed by atoms with Gasteiger partial charge in [0.1, 0.15) is 23.5 Å². The fraction of sp³-hybridized carbons (Fsp3) is 0.192. The van der Waals surface area contributed by atoms with E-state index in [-0.39, 0.29) is 18.4 Å². The predicted octanol–water partition coefficient (Wildman–Crippen LogP) is 4.75. The van der Waals surface area contributed by atoms with Crippen LogP contribution in [0.3, 0.4) is 0 Å². The molecule has 174 valence electrons. The molecular weight excluding hydrogens is 434 g/mol. The molecule has 0 unspecified atom stereocenters. The molecule has 0 saturated heterocycles. The van der Waals surface area contributed by atoms with E-state index in [1.807, 2.05) is 43.3 Å². The van der Waals surface area contributed by atoms with E-state index < -0.39 is 0 Å². The minimum Gasteiger partial charge on any atom is -0.496 e.